The molecule has 1 aromatic carbocycles. The summed E-state index contributed by atoms with van der Waals surface area (Å²) < 4.78 is 7.07. The molecule has 4 rings (SSSR count). The minimum Gasteiger partial charge on any atom is -0.383 e. The summed E-state index contributed by atoms with van der Waals surface area (Å²) in [6.45, 7) is 8.77. The number of benzene rings is 1. The van der Waals surface area contributed by atoms with Crippen molar-refractivity contribution in [2.75, 3.05) is 20.3 Å². The topological polar surface area (TPSA) is 89.3 Å². The maximum atomic E-state index is 13.3. The third kappa shape index (κ3) is 5.59. The van der Waals surface area contributed by atoms with Gasteiger partial charge in [-0.1, -0.05) is 39.0 Å². The second-order valence-electron chi connectivity index (χ2n) is 9.84. The van der Waals surface area contributed by atoms with Gasteiger partial charge in [0.15, 0.2) is 5.69 Å². The number of carbonyl (C=O) groups is 2. The van der Waals surface area contributed by atoms with Crippen LogP contribution in [0.2, 0.25) is 0 Å². The molecule has 2 amide bonds. The number of fused-ring (bicyclic) bond motifs is 1. The van der Waals surface area contributed by atoms with E-state index < -0.39 is 0 Å². The number of amides is 2. The van der Waals surface area contributed by atoms with Crippen LogP contribution in [-0.2, 0) is 36.2 Å². The lowest BCUT2D eigenvalue weighted by molar-refractivity contribution is 0.0729. The van der Waals surface area contributed by atoms with Crippen LogP contribution in [-0.4, -0.2) is 51.7 Å². The van der Waals surface area contributed by atoms with Crippen molar-refractivity contribution in [2.45, 2.75) is 52.2 Å². The second-order valence-corrected chi connectivity index (χ2v) is 9.84. The lowest BCUT2D eigenvalue weighted by Crippen LogP contribution is -2.37. The van der Waals surface area contributed by atoms with Crippen LogP contribution in [0, 0.1) is 0 Å². The summed E-state index contributed by atoms with van der Waals surface area (Å²) in [5.74, 6) is -0.299. The van der Waals surface area contributed by atoms with Crippen molar-refractivity contribution < 1.29 is 14.3 Å². The van der Waals surface area contributed by atoms with E-state index in [9.17, 15) is 9.59 Å². The van der Waals surface area contributed by atoms with Gasteiger partial charge in [0, 0.05) is 55.8 Å². The zero-order valence-electron chi connectivity index (χ0n) is 20.9. The molecule has 0 saturated carbocycles. The number of nitrogens with zero attached hydrogens (tertiary/aromatic N) is 4. The fourth-order valence-electron chi connectivity index (χ4n) is 4.27. The van der Waals surface area contributed by atoms with Crippen molar-refractivity contribution in [1.82, 2.24) is 25.0 Å². The zero-order chi connectivity index (χ0) is 25.0. The molecule has 35 heavy (non-hydrogen) atoms. The number of methoxy groups -OCH3 is 1. The first-order valence-corrected chi connectivity index (χ1v) is 11.9. The molecule has 8 nitrogen and oxygen atoms in total. The Morgan fingerprint density at radius 2 is 1.91 bits per heavy atom. The van der Waals surface area contributed by atoms with Gasteiger partial charge in [-0.05, 0) is 34.7 Å². The lowest BCUT2D eigenvalue weighted by Gasteiger charge is -2.28. The van der Waals surface area contributed by atoms with Crippen molar-refractivity contribution in [3.63, 3.8) is 0 Å². The molecule has 8 heteroatoms. The van der Waals surface area contributed by atoms with Gasteiger partial charge in [0.2, 0.25) is 0 Å². The number of pyridine rings is 1. The third-order valence-electron chi connectivity index (χ3n) is 6.32. The van der Waals surface area contributed by atoms with Crippen molar-refractivity contribution in [3.8, 4) is 0 Å². The first-order valence-electron chi connectivity index (χ1n) is 11.9. The summed E-state index contributed by atoms with van der Waals surface area (Å²) in [6, 6.07) is 11.6. The molecule has 0 saturated heterocycles. The van der Waals surface area contributed by atoms with Gasteiger partial charge in [0.25, 0.3) is 11.8 Å². The van der Waals surface area contributed by atoms with Gasteiger partial charge in [-0.15, -0.1) is 0 Å². The molecule has 3 aromatic rings. The predicted molar refractivity (Wildman–Crippen MR) is 133 cm³/mol. The molecule has 0 radical (unpaired) electrons. The predicted octanol–water partition coefficient (Wildman–Crippen LogP) is 3.35. The van der Waals surface area contributed by atoms with Crippen LogP contribution < -0.4 is 5.32 Å². The smallest absolute Gasteiger partial charge is 0.272 e. The fourth-order valence-corrected chi connectivity index (χ4v) is 4.27. The average Bonchev–Trinajstić information content (AvgIpc) is 3.23. The highest BCUT2D eigenvalue weighted by molar-refractivity contribution is 5.96. The van der Waals surface area contributed by atoms with Crippen LogP contribution >= 0.6 is 0 Å². The number of hydrogen-bond acceptors (Lipinski definition) is 5. The van der Waals surface area contributed by atoms with Crippen molar-refractivity contribution in [1.29, 1.82) is 0 Å². The first kappa shape index (κ1) is 24.6. The van der Waals surface area contributed by atoms with Crippen LogP contribution in [0.25, 0.3) is 0 Å². The molecule has 0 unspecified atom stereocenters. The molecule has 1 aliphatic heterocycles. The molecule has 0 aliphatic carbocycles. The highest BCUT2D eigenvalue weighted by Crippen LogP contribution is 2.26. The standard InChI is InChI=1S/C27H33N5O3/c1-27(2,3)21-9-7-20(8-10-21)26(34)31-13-11-23-22(18-31)24(30-32(23)14-15-35-4)25(33)29-17-19-6-5-12-28-16-19/h5-10,12,16H,11,13-15,17-18H2,1-4H3,(H,29,33). The average molecular weight is 476 g/mol. The normalized spacial score (nSPS) is 13.4. The van der Waals surface area contributed by atoms with Crippen LogP contribution in [0.15, 0.2) is 48.8 Å². The first-order chi connectivity index (χ1) is 16.8. The summed E-state index contributed by atoms with van der Waals surface area (Å²) in [5.41, 5.74) is 4.91. The van der Waals surface area contributed by atoms with Crippen LogP contribution in [0.3, 0.4) is 0 Å². The molecular weight excluding hydrogens is 442 g/mol. The maximum Gasteiger partial charge on any atom is 0.272 e. The Hall–Kier alpha value is -3.52. The number of ether oxygens (including phenoxy) is 1. The van der Waals surface area contributed by atoms with Gasteiger partial charge < -0.3 is 15.0 Å². The molecule has 0 spiro atoms. The monoisotopic (exact) mass is 475 g/mol. The van der Waals surface area contributed by atoms with E-state index in [1.165, 1.54) is 5.56 Å². The number of aromatic nitrogens is 3. The number of nitrogens with one attached hydrogen (secondary N) is 1. The minimum absolute atomic E-state index is 0.0243. The summed E-state index contributed by atoms with van der Waals surface area (Å²) in [7, 11) is 1.64. The van der Waals surface area contributed by atoms with Gasteiger partial charge >= 0.3 is 0 Å². The molecule has 3 heterocycles. The van der Waals surface area contributed by atoms with Crippen molar-refractivity contribution in [3.05, 3.63) is 82.4 Å². The highest BCUT2D eigenvalue weighted by atomic mass is 16.5. The van der Waals surface area contributed by atoms with E-state index in [-0.39, 0.29) is 17.2 Å². The van der Waals surface area contributed by atoms with Crippen LogP contribution in [0.5, 0.6) is 0 Å². The van der Waals surface area contributed by atoms with Crippen LogP contribution in [0.1, 0.15) is 64.0 Å². The summed E-state index contributed by atoms with van der Waals surface area (Å²) >= 11 is 0. The summed E-state index contributed by atoms with van der Waals surface area (Å²) in [5, 5.41) is 7.56. The molecule has 0 bridgehead atoms. The zero-order valence-corrected chi connectivity index (χ0v) is 20.9. The molecular formula is C27H33N5O3. The van der Waals surface area contributed by atoms with Gasteiger partial charge in [-0.25, -0.2) is 0 Å². The van der Waals surface area contributed by atoms with Crippen molar-refractivity contribution >= 4 is 11.8 Å². The Morgan fingerprint density at radius 3 is 2.57 bits per heavy atom. The van der Waals surface area contributed by atoms with E-state index in [2.05, 4.69) is 36.2 Å². The Morgan fingerprint density at radius 1 is 1.14 bits per heavy atom. The van der Waals surface area contributed by atoms with E-state index in [0.717, 1.165) is 16.8 Å². The van der Waals surface area contributed by atoms with E-state index >= 15 is 0 Å². The molecule has 1 N–H and O–H groups in total. The summed E-state index contributed by atoms with van der Waals surface area (Å²) in [6.07, 6.45) is 4.05. The maximum absolute atomic E-state index is 13.3. The Bertz CT molecular complexity index is 1180. The van der Waals surface area contributed by atoms with E-state index in [4.69, 9.17) is 4.74 Å². The van der Waals surface area contributed by atoms with Gasteiger partial charge in [-0.3, -0.25) is 19.3 Å². The SMILES string of the molecule is COCCn1nc(C(=O)NCc2cccnc2)c2c1CCN(C(=O)c1ccc(C(C)(C)C)cc1)C2. The van der Waals surface area contributed by atoms with E-state index in [1.54, 1.807) is 24.4 Å². The quantitative estimate of drug-likeness (QED) is 0.566. The Kier molecular flexibility index (Phi) is 7.31. The highest BCUT2D eigenvalue weighted by Gasteiger charge is 2.30. The molecule has 184 valence electrons. The molecule has 0 atom stereocenters. The van der Waals surface area contributed by atoms with Gasteiger partial charge in [0.1, 0.15) is 0 Å². The second kappa shape index (κ2) is 10.4. The minimum atomic E-state index is -0.259. The number of hydrogen-bond donors (Lipinski definition) is 1. The number of rotatable bonds is 7. The van der Waals surface area contributed by atoms with E-state index in [1.807, 2.05) is 41.1 Å². The van der Waals surface area contributed by atoms with Gasteiger partial charge in [0.05, 0.1) is 19.7 Å². The molecule has 1 aliphatic rings. The Balaban J connectivity index is 1.55. The third-order valence-corrected chi connectivity index (χ3v) is 6.32. The Labute approximate surface area is 206 Å². The largest absolute Gasteiger partial charge is 0.383 e. The molecule has 0 fully saturated rings. The van der Waals surface area contributed by atoms with Crippen LogP contribution in [0.4, 0.5) is 0 Å². The molecule has 2 aromatic heterocycles. The summed E-state index contributed by atoms with van der Waals surface area (Å²) in [4.78, 5) is 32.3. The van der Waals surface area contributed by atoms with E-state index in [0.29, 0.717) is 50.5 Å². The van der Waals surface area contributed by atoms with Gasteiger partial charge in [-0.2, -0.15) is 5.10 Å². The van der Waals surface area contributed by atoms with Crippen molar-refractivity contribution in [2.24, 2.45) is 0 Å². The fraction of sp³-hybridized carbons (Fsp3) is 0.407. The lowest BCUT2D eigenvalue weighted by atomic mass is 9.86. The number of carbonyl (C=O) groups excluding carboxylic acids is 2.